The highest BCUT2D eigenvalue weighted by atomic mass is 16.3. The van der Waals surface area contributed by atoms with Crippen molar-refractivity contribution in [2.24, 2.45) is 0 Å². The Morgan fingerprint density at radius 2 is 1.09 bits per heavy atom. The molecule has 0 unspecified atom stereocenters. The Balaban J connectivity index is 1.28. The fraction of sp³-hybridized carbons (Fsp3) is 0. The molecule has 0 fully saturated rings. The van der Waals surface area contributed by atoms with Crippen LogP contribution in [0.15, 0.2) is 174 Å². The van der Waals surface area contributed by atoms with Crippen LogP contribution in [-0.4, -0.2) is 19.1 Å². The third-order valence-electron chi connectivity index (χ3n) is 10.9. The largest absolute Gasteiger partial charge is 0.455 e. The van der Waals surface area contributed by atoms with Crippen LogP contribution in [0, 0.1) is 0 Å². The lowest BCUT2D eigenvalue weighted by Crippen LogP contribution is -2.03. The minimum absolute atomic E-state index is 0.621. The second-order valence-electron chi connectivity index (χ2n) is 13.8. The van der Waals surface area contributed by atoms with E-state index in [-0.39, 0.29) is 0 Å². The predicted octanol–water partition coefficient (Wildman–Crippen LogP) is 12.5. The molecule has 0 bridgehead atoms. The number of furan rings is 1. The van der Waals surface area contributed by atoms with E-state index in [1.54, 1.807) is 0 Å². The van der Waals surface area contributed by atoms with Crippen molar-refractivity contribution in [1.82, 2.24) is 19.1 Å². The number of fused-ring (bicyclic) bond motifs is 13. The third-order valence-corrected chi connectivity index (χ3v) is 10.9. The van der Waals surface area contributed by atoms with Gasteiger partial charge in [-0.2, -0.15) is 0 Å². The summed E-state index contributed by atoms with van der Waals surface area (Å²) in [6.45, 7) is 0. The van der Waals surface area contributed by atoms with Gasteiger partial charge in [0.1, 0.15) is 11.2 Å². The first-order valence-corrected chi connectivity index (χ1v) is 17.9. The number of hydrogen-bond acceptors (Lipinski definition) is 3. The molecule has 0 saturated carbocycles. The van der Waals surface area contributed by atoms with Gasteiger partial charge in [0.25, 0.3) is 0 Å². The maximum Gasteiger partial charge on any atom is 0.235 e. The first-order valence-electron chi connectivity index (χ1n) is 17.9. The molecule has 0 aliphatic heterocycles. The van der Waals surface area contributed by atoms with Crippen LogP contribution < -0.4 is 0 Å². The molecular weight excluding hydrogens is 649 g/mol. The summed E-state index contributed by atoms with van der Waals surface area (Å²) in [6.07, 6.45) is 0. The van der Waals surface area contributed by atoms with E-state index in [9.17, 15) is 0 Å². The van der Waals surface area contributed by atoms with Gasteiger partial charge in [0, 0.05) is 43.6 Å². The number of aromatic nitrogens is 4. The van der Waals surface area contributed by atoms with E-state index in [2.05, 4.69) is 161 Å². The Kier molecular flexibility index (Phi) is 5.71. The van der Waals surface area contributed by atoms with Crippen molar-refractivity contribution in [3.05, 3.63) is 170 Å². The Morgan fingerprint density at radius 1 is 0.415 bits per heavy atom. The zero-order valence-electron chi connectivity index (χ0n) is 28.4. The molecule has 0 atom stereocenters. The molecule has 5 nitrogen and oxygen atoms in total. The standard InChI is InChI=1S/C48H28N4O/c1-2-13-30(14-3-1)46-35-17-6-9-19-37(35)49-48(50-46)52-40-27-26-39-43(44(40)45-41(52)25-24-34-33-16-8-11-21-42(33)53-47(34)45)36-18-7-10-20-38(36)51(39)32-23-22-29-12-4-5-15-31(29)28-32/h1-28H. The molecule has 0 saturated heterocycles. The summed E-state index contributed by atoms with van der Waals surface area (Å²) in [5.41, 5.74) is 10.0. The first kappa shape index (κ1) is 28.5. The zero-order chi connectivity index (χ0) is 34.6. The van der Waals surface area contributed by atoms with E-state index in [4.69, 9.17) is 14.4 Å². The van der Waals surface area contributed by atoms with Crippen LogP contribution in [0.4, 0.5) is 0 Å². The number of para-hydroxylation sites is 3. The van der Waals surface area contributed by atoms with Crippen LogP contribution >= 0.6 is 0 Å². The molecule has 8 aromatic carbocycles. The van der Waals surface area contributed by atoms with Gasteiger partial charge in [-0.15, -0.1) is 0 Å². The van der Waals surface area contributed by atoms with E-state index in [0.29, 0.717) is 5.95 Å². The second-order valence-corrected chi connectivity index (χ2v) is 13.8. The van der Waals surface area contributed by atoms with E-state index in [1.807, 2.05) is 18.2 Å². The number of rotatable bonds is 3. The molecule has 0 radical (unpaired) electrons. The van der Waals surface area contributed by atoms with E-state index < -0.39 is 0 Å². The summed E-state index contributed by atoms with van der Waals surface area (Å²) in [5, 5.41) is 10.2. The van der Waals surface area contributed by atoms with Gasteiger partial charge in [0.15, 0.2) is 0 Å². The summed E-state index contributed by atoms with van der Waals surface area (Å²) in [4.78, 5) is 10.6. The van der Waals surface area contributed by atoms with Gasteiger partial charge in [-0.1, -0.05) is 115 Å². The van der Waals surface area contributed by atoms with Crippen molar-refractivity contribution in [1.29, 1.82) is 0 Å². The molecule has 0 spiro atoms. The highest BCUT2D eigenvalue weighted by molar-refractivity contribution is 6.34. The van der Waals surface area contributed by atoms with Crippen molar-refractivity contribution in [3.8, 4) is 22.9 Å². The van der Waals surface area contributed by atoms with Crippen molar-refractivity contribution >= 4 is 87.2 Å². The van der Waals surface area contributed by atoms with Crippen LogP contribution in [0.5, 0.6) is 0 Å². The van der Waals surface area contributed by atoms with Crippen LogP contribution in [0.2, 0.25) is 0 Å². The van der Waals surface area contributed by atoms with Crippen molar-refractivity contribution in [3.63, 3.8) is 0 Å². The second kappa shape index (κ2) is 10.6. The predicted molar refractivity (Wildman–Crippen MR) is 218 cm³/mol. The van der Waals surface area contributed by atoms with Gasteiger partial charge < -0.3 is 8.98 Å². The quantitative estimate of drug-likeness (QED) is 0.187. The van der Waals surface area contributed by atoms with Gasteiger partial charge in [-0.05, 0) is 65.4 Å². The fourth-order valence-electron chi connectivity index (χ4n) is 8.61. The molecule has 12 rings (SSSR count). The number of hydrogen-bond donors (Lipinski definition) is 0. The summed E-state index contributed by atoms with van der Waals surface area (Å²) < 4.78 is 11.5. The minimum atomic E-state index is 0.621. The van der Waals surface area contributed by atoms with Gasteiger partial charge in [0.2, 0.25) is 5.95 Å². The van der Waals surface area contributed by atoms with Crippen LogP contribution in [-0.2, 0) is 0 Å². The molecule has 4 heterocycles. The van der Waals surface area contributed by atoms with Crippen molar-refractivity contribution in [2.75, 3.05) is 0 Å². The maximum absolute atomic E-state index is 6.83. The minimum Gasteiger partial charge on any atom is -0.455 e. The Morgan fingerprint density at radius 3 is 1.98 bits per heavy atom. The third kappa shape index (κ3) is 3.96. The highest BCUT2D eigenvalue weighted by Gasteiger charge is 2.25. The summed E-state index contributed by atoms with van der Waals surface area (Å²) in [7, 11) is 0. The topological polar surface area (TPSA) is 48.8 Å². The molecule has 0 aliphatic rings. The SMILES string of the molecule is c1ccc(-c2nc(-n3c4ccc5c6ccccc6oc5c4c4c5c6ccccc6n(-c6ccc7ccccc7c6)c5ccc43)nc3ccccc23)cc1. The normalized spacial score (nSPS) is 12.2. The molecule has 0 N–H and O–H groups in total. The monoisotopic (exact) mass is 676 g/mol. The van der Waals surface area contributed by atoms with Crippen LogP contribution in [0.1, 0.15) is 0 Å². The summed E-state index contributed by atoms with van der Waals surface area (Å²) >= 11 is 0. The van der Waals surface area contributed by atoms with Crippen molar-refractivity contribution < 1.29 is 4.42 Å². The molecule has 53 heavy (non-hydrogen) atoms. The van der Waals surface area contributed by atoms with Gasteiger partial charge >= 0.3 is 0 Å². The molecule has 246 valence electrons. The van der Waals surface area contributed by atoms with Gasteiger partial charge in [-0.3, -0.25) is 4.57 Å². The van der Waals surface area contributed by atoms with Crippen LogP contribution in [0.25, 0.3) is 110 Å². The summed E-state index contributed by atoms with van der Waals surface area (Å²) in [5.74, 6) is 0.621. The lowest BCUT2D eigenvalue weighted by Gasteiger charge is -2.12. The highest BCUT2D eigenvalue weighted by Crippen LogP contribution is 2.46. The Hall–Kier alpha value is -7.24. The number of benzene rings is 8. The summed E-state index contributed by atoms with van der Waals surface area (Å²) in [6, 6.07) is 59.9. The Labute approximate surface area is 302 Å². The van der Waals surface area contributed by atoms with E-state index in [0.717, 1.165) is 82.6 Å². The molecular formula is C48H28N4O. The maximum atomic E-state index is 6.83. The Bertz CT molecular complexity index is 3460. The molecule has 4 aromatic heterocycles. The number of nitrogens with zero attached hydrogens (tertiary/aromatic N) is 4. The fourth-order valence-corrected chi connectivity index (χ4v) is 8.61. The van der Waals surface area contributed by atoms with Gasteiger partial charge in [-0.25, -0.2) is 9.97 Å². The average Bonchev–Trinajstić information content (AvgIpc) is 3.88. The molecule has 0 amide bonds. The lowest BCUT2D eigenvalue weighted by molar-refractivity contribution is 0.673. The lowest BCUT2D eigenvalue weighted by atomic mass is 10.0. The first-order chi connectivity index (χ1) is 26.3. The molecule has 0 aliphatic carbocycles. The van der Waals surface area contributed by atoms with E-state index in [1.165, 1.54) is 21.5 Å². The van der Waals surface area contributed by atoms with Crippen molar-refractivity contribution in [2.45, 2.75) is 0 Å². The molecule has 5 heteroatoms. The zero-order valence-corrected chi connectivity index (χ0v) is 28.4. The average molecular weight is 677 g/mol. The van der Waals surface area contributed by atoms with Crippen LogP contribution in [0.3, 0.4) is 0 Å². The van der Waals surface area contributed by atoms with Gasteiger partial charge in [0.05, 0.1) is 38.7 Å². The van der Waals surface area contributed by atoms with E-state index >= 15 is 0 Å². The smallest absolute Gasteiger partial charge is 0.235 e. The molecule has 12 aromatic rings.